The number of nitrogens with zero attached hydrogens (tertiary/aromatic N) is 1. The first kappa shape index (κ1) is 12.0. The number of unbranched alkanes of at least 4 members (excludes halogenated alkanes) is 2. The Morgan fingerprint density at radius 3 is 2.79 bits per heavy atom. The topological polar surface area (TPSA) is 15.3 Å². The smallest absolute Gasteiger partial charge is 0.0221 e. The van der Waals surface area contributed by atoms with Gasteiger partial charge >= 0.3 is 0 Å². The summed E-state index contributed by atoms with van der Waals surface area (Å²) in [4.78, 5) is 2.67. The molecule has 84 valence electrons. The third kappa shape index (κ3) is 3.97. The Morgan fingerprint density at radius 1 is 1.21 bits per heavy atom. The minimum atomic E-state index is 0.815. The van der Waals surface area contributed by atoms with Crippen molar-refractivity contribution in [3.63, 3.8) is 0 Å². The summed E-state index contributed by atoms with van der Waals surface area (Å²) in [5.74, 6) is 0. The van der Waals surface area contributed by atoms with Crippen molar-refractivity contribution in [1.82, 2.24) is 10.2 Å². The Hall–Kier alpha value is -0.0800. The lowest BCUT2D eigenvalue weighted by Gasteiger charge is -2.36. The van der Waals surface area contributed by atoms with Crippen molar-refractivity contribution in [1.29, 1.82) is 0 Å². The minimum Gasteiger partial charge on any atom is -0.314 e. The highest BCUT2D eigenvalue weighted by molar-refractivity contribution is 4.79. The molecular formula is C12H26N2. The van der Waals surface area contributed by atoms with Gasteiger partial charge in [0.1, 0.15) is 0 Å². The number of nitrogens with one attached hydrogen (secondary N) is 1. The maximum absolute atomic E-state index is 3.51. The molecule has 0 aliphatic carbocycles. The zero-order chi connectivity index (χ0) is 10.2. The van der Waals surface area contributed by atoms with Crippen LogP contribution in [-0.4, -0.2) is 37.1 Å². The molecule has 1 saturated heterocycles. The SMILES string of the molecule is CCCCCC1CNCCN1CCC. The van der Waals surface area contributed by atoms with Crippen molar-refractivity contribution in [3.8, 4) is 0 Å². The van der Waals surface area contributed by atoms with E-state index in [2.05, 4.69) is 24.1 Å². The quantitative estimate of drug-likeness (QED) is 0.659. The Balaban J connectivity index is 2.22. The van der Waals surface area contributed by atoms with Gasteiger partial charge in [-0.2, -0.15) is 0 Å². The lowest BCUT2D eigenvalue weighted by molar-refractivity contribution is 0.151. The molecule has 14 heavy (non-hydrogen) atoms. The largest absolute Gasteiger partial charge is 0.314 e. The molecule has 1 rings (SSSR count). The van der Waals surface area contributed by atoms with Gasteiger partial charge in [0, 0.05) is 25.7 Å². The second-order valence-corrected chi connectivity index (χ2v) is 4.39. The van der Waals surface area contributed by atoms with Gasteiger partial charge in [0.25, 0.3) is 0 Å². The summed E-state index contributed by atoms with van der Waals surface area (Å²) in [6.07, 6.45) is 6.83. The van der Waals surface area contributed by atoms with Crippen LogP contribution in [0.2, 0.25) is 0 Å². The van der Waals surface area contributed by atoms with E-state index in [1.165, 1.54) is 58.3 Å². The molecule has 1 fully saturated rings. The second-order valence-electron chi connectivity index (χ2n) is 4.39. The molecule has 0 bridgehead atoms. The van der Waals surface area contributed by atoms with Crippen LogP contribution < -0.4 is 5.32 Å². The van der Waals surface area contributed by atoms with Crippen LogP contribution in [0, 0.1) is 0 Å². The molecule has 0 aromatic carbocycles. The zero-order valence-corrected chi connectivity index (χ0v) is 9.89. The molecule has 0 saturated carbocycles. The van der Waals surface area contributed by atoms with Crippen LogP contribution in [-0.2, 0) is 0 Å². The predicted molar refractivity (Wildman–Crippen MR) is 62.7 cm³/mol. The van der Waals surface area contributed by atoms with Crippen molar-refractivity contribution in [3.05, 3.63) is 0 Å². The fourth-order valence-electron chi connectivity index (χ4n) is 2.30. The molecule has 1 aliphatic rings. The molecule has 2 nitrogen and oxygen atoms in total. The molecule has 1 atom stereocenters. The van der Waals surface area contributed by atoms with Crippen LogP contribution >= 0.6 is 0 Å². The van der Waals surface area contributed by atoms with E-state index in [-0.39, 0.29) is 0 Å². The van der Waals surface area contributed by atoms with Gasteiger partial charge in [-0.25, -0.2) is 0 Å². The van der Waals surface area contributed by atoms with Crippen molar-refractivity contribution < 1.29 is 0 Å². The van der Waals surface area contributed by atoms with E-state index in [0.29, 0.717) is 0 Å². The number of hydrogen-bond acceptors (Lipinski definition) is 2. The van der Waals surface area contributed by atoms with E-state index < -0.39 is 0 Å². The van der Waals surface area contributed by atoms with Gasteiger partial charge in [-0.1, -0.05) is 33.1 Å². The first-order valence-electron chi connectivity index (χ1n) is 6.33. The van der Waals surface area contributed by atoms with Gasteiger partial charge in [-0.3, -0.25) is 4.90 Å². The maximum Gasteiger partial charge on any atom is 0.0221 e. The molecule has 1 aliphatic heterocycles. The fraction of sp³-hybridized carbons (Fsp3) is 1.00. The van der Waals surface area contributed by atoms with E-state index >= 15 is 0 Å². The van der Waals surface area contributed by atoms with E-state index in [4.69, 9.17) is 0 Å². The van der Waals surface area contributed by atoms with Crippen LogP contribution in [0.1, 0.15) is 46.0 Å². The average Bonchev–Trinajstić information content (AvgIpc) is 2.21. The monoisotopic (exact) mass is 198 g/mol. The zero-order valence-electron chi connectivity index (χ0n) is 9.89. The highest BCUT2D eigenvalue weighted by Crippen LogP contribution is 2.12. The van der Waals surface area contributed by atoms with Crippen LogP contribution in [0.4, 0.5) is 0 Å². The molecule has 2 heteroatoms. The van der Waals surface area contributed by atoms with Gasteiger partial charge in [0.05, 0.1) is 0 Å². The summed E-state index contributed by atoms with van der Waals surface area (Å²) in [5, 5.41) is 3.51. The summed E-state index contributed by atoms with van der Waals surface area (Å²) in [6.45, 7) is 9.51. The van der Waals surface area contributed by atoms with Crippen LogP contribution in [0.25, 0.3) is 0 Å². The third-order valence-corrected chi connectivity index (χ3v) is 3.12. The fourth-order valence-corrected chi connectivity index (χ4v) is 2.30. The molecule has 0 radical (unpaired) electrons. The molecule has 1 heterocycles. The number of hydrogen-bond donors (Lipinski definition) is 1. The molecule has 0 aromatic heterocycles. The van der Waals surface area contributed by atoms with Crippen LogP contribution in [0.3, 0.4) is 0 Å². The average molecular weight is 198 g/mol. The molecule has 1 unspecified atom stereocenters. The molecular weight excluding hydrogens is 172 g/mol. The molecule has 0 spiro atoms. The first-order chi connectivity index (χ1) is 6.88. The van der Waals surface area contributed by atoms with Crippen molar-refractivity contribution in [2.45, 2.75) is 52.0 Å². The molecule has 1 N–H and O–H groups in total. The normalized spacial score (nSPS) is 24.0. The minimum absolute atomic E-state index is 0.815. The Kier molecular flexibility index (Phi) is 6.20. The van der Waals surface area contributed by atoms with E-state index in [9.17, 15) is 0 Å². The summed E-state index contributed by atoms with van der Waals surface area (Å²) >= 11 is 0. The predicted octanol–water partition coefficient (Wildman–Crippen LogP) is 2.25. The Morgan fingerprint density at radius 2 is 2.07 bits per heavy atom. The van der Waals surface area contributed by atoms with Crippen LogP contribution in [0.15, 0.2) is 0 Å². The summed E-state index contributed by atoms with van der Waals surface area (Å²) < 4.78 is 0. The molecule has 0 amide bonds. The number of piperazine rings is 1. The van der Waals surface area contributed by atoms with Gasteiger partial charge in [0.2, 0.25) is 0 Å². The number of rotatable bonds is 6. The Labute approximate surface area is 89.1 Å². The van der Waals surface area contributed by atoms with Gasteiger partial charge < -0.3 is 5.32 Å². The Bertz CT molecular complexity index is 134. The van der Waals surface area contributed by atoms with Crippen molar-refractivity contribution in [2.24, 2.45) is 0 Å². The van der Waals surface area contributed by atoms with E-state index in [1.54, 1.807) is 0 Å². The highest BCUT2D eigenvalue weighted by Gasteiger charge is 2.20. The molecule has 0 aromatic rings. The second kappa shape index (κ2) is 7.24. The van der Waals surface area contributed by atoms with Gasteiger partial charge in [-0.05, 0) is 19.4 Å². The van der Waals surface area contributed by atoms with E-state index in [1.807, 2.05) is 0 Å². The van der Waals surface area contributed by atoms with Crippen LogP contribution in [0.5, 0.6) is 0 Å². The van der Waals surface area contributed by atoms with Gasteiger partial charge in [-0.15, -0.1) is 0 Å². The van der Waals surface area contributed by atoms with Gasteiger partial charge in [0.15, 0.2) is 0 Å². The van der Waals surface area contributed by atoms with E-state index in [0.717, 1.165) is 6.04 Å². The summed E-state index contributed by atoms with van der Waals surface area (Å²) in [6, 6.07) is 0.815. The maximum atomic E-state index is 3.51. The lowest BCUT2D eigenvalue weighted by Crippen LogP contribution is -2.51. The summed E-state index contributed by atoms with van der Waals surface area (Å²) in [7, 11) is 0. The lowest BCUT2D eigenvalue weighted by atomic mass is 10.0. The third-order valence-electron chi connectivity index (χ3n) is 3.12. The first-order valence-corrected chi connectivity index (χ1v) is 6.33. The highest BCUT2D eigenvalue weighted by atomic mass is 15.2. The standard InChI is InChI=1S/C12H26N2/c1-3-5-6-7-12-11-13-8-10-14(12)9-4-2/h12-13H,3-11H2,1-2H3. The summed E-state index contributed by atoms with van der Waals surface area (Å²) in [5.41, 5.74) is 0. The van der Waals surface area contributed by atoms with Crippen molar-refractivity contribution >= 4 is 0 Å². The van der Waals surface area contributed by atoms with Crippen molar-refractivity contribution in [2.75, 3.05) is 26.2 Å².